The van der Waals surface area contributed by atoms with E-state index in [0.29, 0.717) is 11.6 Å². The van der Waals surface area contributed by atoms with Gasteiger partial charge in [-0.05, 0) is 31.0 Å². The predicted molar refractivity (Wildman–Crippen MR) is 50.8 cm³/mol. The molecule has 0 aliphatic heterocycles. The van der Waals surface area contributed by atoms with Gasteiger partial charge in [-0.2, -0.15) is 13.2 Å². The maximum atomic E-state index is 13.4. The Balaban J connectivity index is 3.59. The first kappa shape index (κ1) is 12.7. The highest BCUT2D eigenvalue weighted by Gasteiger charge is 2.38. The van der Waals surface area contributed by atoms with E-state index in [4.69, 9.17) is 0 Å². The molecule has 0 bridgehead atoms. The van der Waals surface area contributed by atoms with Gasteiger partial charge in [0.15, 0.2) is 0 Å². The molecule has 0 saturated carbocycles. The Morgan fingerprint density at radius 2 is 1.75 bits per heavy atom. The summed E-state index contributed by atoms with van der Waals surface area (Å²) in [7, 11) is 0. The van der Waals surface area contributed by atoms with Crippen LogP contribution in [0.4, 0.5) is 22.0 Å². The number of allylic oxidation sites excluding steroid dienone is 1. The molecule has 0 aromatic heterocycles. The third-order valence-electron chi connectivity index (χ3n) is 2.21. The third-order valence-corrected chi connectivity index (χ3v) is 2.21. The molecular formula is C11H9F5. The van der Waals surface area contributed by atoms with Crippen LogP contribution in [0.15, 0.2) is 12.6 Å². The van der Waals surface area contributed by atoms with Crippen LogP contribution >= 0.6 is 0 Å². The summed E-state index contributed by atoms with van der Waals surface area (Å²) in [6, 6.07) is 0.656. The maximum Gasteiger partial charge on any atom is 0.422 e. The molecule has 0 saturated heterocycles. The van der Waals surface area contributed by atoms with Crippen LogP contribution in [0.25, 0.3) is 5.57 Å². The normalized spacial score (nSPS) is 11.7. The van der Waals surface area contributed by atoms with Gasteiger partial charge in [-0.25, -0.2) is 8.78 Å². The number of benzene rings is 1. The Bertz CT molecular complexity index is 443. The molecule has 0 spiro atoms. The van der Waals surface area contributed by atoms with Gasteiger partial charge in [-0.3, -0.25) is 0 Å². The fraction of sp³-hybridized carbons (Fsp3) is 0.273. The molecule has 0 N–H and O–H groups in total. The van der Waals surface area contributed by atoms with Crippen molar-refractivity contribution < 1.29 is 22.0 Å². The topological polar surface area (TPSA) is 0 Å². The van der Waals surface area contributed by atoms with Gasteiger partial charge in [0.05, 0.1) is 0 Å². The van der Waals surface area contributed by atoms with E-state index in [1.165, 1.54) is 6.92 Å². The zero-order valence-corrected chi connectivity index (χ0v) is 8.67. The summed E-state index contributed by atoms with van der Waals surface area (Å²) in [5.41, 5.74) is -1.73. The van der Waals surface area contributed by atoms with Gasteiger partial charge in [-0.15, -0.1) is 0 Å². The second-order valence-electron chi connectivity index (χ2n) is 3.50. The summed E-state index contributed by atoms with van der Waals surface area (Å²) in [5, 5.41) is 0. The Hall–Kier alpha value is -1.39. The molecular weight excluding hydrogens is 227 g/mol. The van der Waals surface area contributed by atoms with Gasteiger partial charge in [0.2, 0.25) is 0 Å². The fourth-order valence-electron chi connectivity index (χ4n) is 1.42. The van der Waals surface area contributed by atoms with Gasteiger partial charge in [0, 0.05) is 0 Å². The SMILES string of the molecule is C=C(C)c1cc(F)c(C(F)(F)F)c(F)c1C. The highest BCUT2D eigenvalue weighted by Crippen LogP contribution is 2.36. The van der Waals surface area contributed by atoms with Gasteiger partial charge < -0.3 is 0 Å². The van der Waals surface area contributed by atoms with Crippen LogP contribution in [0, 0.1) is 18.6 Å². The molecule has 16 heavy (non-hydrogen) atoms. The quantitative estimate of drug-likeness (QED) is 0.637. The lowest BCUT2D eigenvalue weighted by Gasteiger charge is -2.14. The predicted octanol–water partition coefficient (Wildman–Crippen LogP) is 4.33. The van der Waals surface area contributed by atoms with Crippen LogP contribution in [-0.4, -0.2) is 0 Å². The van der Waals surface area contributed by atoms with E-state index in [0.717, 1.165) is 6.92 Å². The Morgan fingerprint density at radius 1 is 1.25 bits per heavy atom. The molecule has 0 aliphatic rings. The van der Waals surface area contributed by atoms with Crippen molar-refractivity contribution in [3.05, 3.63) is 41.0 Å². The van der Waals surface area contributed by atoms with E-state index >= 15 is 0 Å². The molecule has 88 valence electrons. The second kappa shape index (κ2) is 3.88. The monoisotopic (exact) mass is 236 g/mol. The highest BCUT2D eigenvalue weighted by atomic mass is 19.4. The molecule has 0 fully saturated rings. The maximum absolute atomic E-state index is 13.4. The minimum atomic E-state index is -5.04. The summed E-state index contributed by atoms with van der Waals surface area (Å²) in [6.45, 7) is 6.07. The molecule has 1 rings (SSSR count). The summed E-state index contributed by atoms with van der Waals surface area (Å²) in [4.78, 5) is 0. The van der Waals surface area contributed by atoms with Gasteiger partial charge in [-0.1, -0.05) is 12.2 Å². The van der Waals surface area contributed by atoms with Crippen molar-refractivity contribution in [2.24, 2.45) is 0 Å². The van der Waals surface area contributed by atoms with E-state index in [1.807, 2.05) is 0 Å². The zero-order chi connectivity index (χ0) is 12.7. The molecule has 0 amide bonds. The van der Waals surface area contributed by atoms with E-state index in [1.54, 1.807) is 0 Å². The van der Waals surface area contributed by atoms with Crippen molar-refractivity contribution in [3.63, 3.8) is 0 Å². The van der Waals surface area contributed by atoms with Crippen LogP contribution in [0.2, 0.25) is 0 Å². The number of alkyl halides is 3. The van der Waals surface area contributed by atoms with Gasteiger partial charge in [0.1, 0.15) is 17.2 Å². The van der Waals surface area contributed by atoms with Crippen molar-refractivity contribution >= 4 is 5.57 Å². The minimum absolute atomic E-state index is 0.0583. The molecule has 1 aromatic carbocycles. The van der Waals surface area contributed by atoms with Gasteiger partial charge >= 0.3 is 6.18 Å². The Kier molecular flexibility index (Phi) is 3.08. The molecule has 0 nitrogen and oxygen atoms in total. The van der Waals surface area contributed by atoms with Crippen LogP contribution in [-0.2, 0) is 6.18 Å². The third kappa shape index (κ3) is 2.08. The fourth-order valence-corrected chi connectivity index (χ4v) is 1.42. The average molecular weight is 236 g/mol. The first-order valence-electron chi connectivity index (χ1n) is 4.38. The largest absolute Gasteiger partial charge is 0.422 e. The van der Waals surface area contributed by atoms with Crippen molar-refractivity contribution in [1.82, 2.24) is 0 Å². The lowest BCUT2D eigenvalue weighted by Crippen LogP contribution is -2.13. The Labute approximate surface area is 89.4 Å². The number of rotatable bonds is 1. The molecule has 0 aliphatic carbocycles. The van der Waals surface area contributed by atoms with E-state index < -0.39 is 23.4 Å². The summed E-state index contributed by atoms with van der Waals surface area (Å²) in [5.74, 6) is -3.20. The van der Waals surface area contributed by atoms with Crippen LogP contribution in [0.1, 0.15) is 23.6 Å². The van der Waals surface area contributed by atoms with Crippen LogP contribution in [0.3, 0.4) is 0 Å². The smallest absolute Gasteiger partial charge is 0.206 e. The van der Waals surface area contributed by atoms with Crippen LogP contribution < -0.4 is 0 Å². The Morgan fingerprint density at radius 3 is 2.12 bits per heavy atom. The molecule has 0 atom stereocenters. The molecule has 5 heteroatoms. The summed E-state index contributed by atoms with van der Waals surface area (Å²) in [6.07, 6.45) is -5.04. The summed E-state index contributed by atoms with van der Waals surface area (Å²) >= 11 is 0. The van der Waals surface area contributed by atoms with E-state index in [2.05, 4.69) is 6.58 Å². The molecule has 0 unspecified atom stereocenters. The van der Waals surface area contributed by atoms with Crippen molar-refractivity contribution in [2.45, 2.75) is 20.0 Å². The highest BCUT2D eigenvalue weighted by molar-refractivity contribution is 5.65. The van der Waals surface area contributed by atoms with Gasteiger partial charge in [0.25, 0.3) is 0 Å². The zero-order valence-electron chi connectivity index (χ0n) is 8.67. The number of halogens is 5. The van der Waals surface area contributed by atoms with Crippen LogP contribution in [0.5, 0.6) is 0 Å². The van der Waals surface area contributed by atoms with E-state index in [9.17, 15) is 22.0 Å². The average Bonchev–Trinajstić information content (AvgIpc) is 2.08. The first-order chi connectivity index (χ1) is 7.16. The van der Waals surface area contributed by atoms with Crippen molar-refractivity contribution in [3.8, 4) is 0 Å². The second-order valence-corrected chi connectivity index (χ2v) is 3.50. The number of hydrogen-bond donors (Lipinski definition) is 0. The lowest BCUT2D eigenvalue weighted by molar-refractivity contribution is -0.142. The number of hydrogen-bond acceptors (Lipinski definition) is 0. The molecule has 0 radical (unpaired) electrons. The standard InChI is InChI=1S/C11H9F5/c1-5(2)7-4-8(12)9(11(14,15)16)10(13)6(7)3/h4H,1H2,2-3H3. The summed E-state index contributed by atoms with van der Waals surface area (Å²) < 4.78 is 63.5. The lowest BCUT2D eigenvalue weighted by atomic mass is 9.98. The molecule has 1 aromatic rings. The minimum Gasteiger partial charge on any atom is -0.206 e. The van der Waals surface area contributed by atoms with Crippen molar-refractivity contribution in [2.75, 3.05) is 0 Å². The van der Waals surface area contributed by atoms with E-state index in [-0.39, 0.29) is 11.1 Å². The van der Waals surface area contributed by atoms with Crippen molar-refractivity contribution in [1.29, 1.82) is 0 Å². The molecule has 0 heterocycles. The first-order valence-corrected chi connectivity index (χ1v) is 4.38.